The summed E-state index contributed by atoms with van der Waals surface area (Å²) in [5.74, 6) is 0. The molecule has 15 heavy (non-hydrogen) atoms. The lowest BCUT2D eigenvalue weighted by atomic mass is 10.1. The Bertz CT molecular complexity index is 367. The second-order valence-electron chi connectivity index (χ2n) is 2.54. The Morgan fingerprint density at radius 2 is 0.800 bits per heavy atom. The molecule has 0 unspecified atom stereocenters. The Balaban J connectivity index is 3.79. The fourth-order valence-corrected chi connectivity index (χ4v) is 4.96. The zero-order valence-corrected chi connectivity index (χ0v) is 13.6. The first kappa shape index (κ1) is 13.5. The highest BCUT2D eigenvalue weighted by Crippen LogP contribution is 2.29. The SMILES string of the molecule is O=Cc1c(I)c(C=O)c(I)c(C=O)c1I. The molecule has 1 rings (SSSR count). The van der Waals surface area contributed by atoms with Gasteiger partial charge in [-0.15, -0.1) is 0 Å². The first-order chi connectivity index (χ1) is 7.08. The molecule has 0 aliphatic rings. The molecule has 0 bridgehead atoms. The summed E-state index contributed by atoms with van der Waals surface area (Å²) in [5, 5.41) is 0. The normalized spacial score (nSPS) is 9.80. The average Bonchev–Trinajstić information content (AvgIpc) is 2.19. The van der Waals surface area contributed by atoms with Crippen molar-refractivity contribution in [1.82, 2.24) is 0 Å². The van der Waals surface area contributed by atoms with E-state index >= 15 is 0 Å². The summed E-state index contributed by atoms with van der Waals surface area (Å²) in [6.45, 7) is 0. The van der Waals surface area contributed by atoms with E-state index in [1.807, 2.05) is 67.8 Å². The van der Waals surface area contributed by atoms with Crippen LogP contribution in [0.5, 0.6) is 0 Å². The van der Waals surface area contributed by atoms with Gasteiger partial charge in [0.05, 0.1) is 0 Å². The van der Waals surface area contributed by atoms with Crippen LogP contribution in [0.4, 0.5) is 0 Å². The monoisotopic (exact) mass is 540 g/mol. The molecular weight excluding hydrogens is 537 g/mol. The maximum Gasteiger partial charge on any atom is 0.152 e. The molecule has 0 saturated carbocycles. The van der Waals surface area contributed by atoms with Gasteiger partial charge in [-0.1, -0.05) is 0 Å². The number of halogens is 3. The van der Waals surface area contributed by atoms with E-state index in [0.717, 1.165) is 0 Å². The average molecular weight is 540 g/mol. The van der Waals surface area contributed by atoms with Gasteiger partial charge < -0.3 is 0 Å². The molecule has 3 nitrogen and oxygen atoms in total. The number of carbonyl (C=O) groups excluding carboxylic acids is 3. The van der Waals surface area contributed by atoms with Crippen molar-refractivity contribution >= 4 is 86.6 Å². The van der Waals surface area contributed by atoms with Gasteiger partial charge in [-0.25, -0.2) is 0 Å². The Hall–Kier alpha value is 0.420. The molecule has 0 aromatic heterocycles. The third kappa shape index (κ3) is 2.40. The van der Waals surface area contributed by atoms with Crippen molar-refractivity contribution in [3.63, 3.8) is 0 Å². The van der Waals surface area contributed by atoms with Crippen molar-refractivity contribution < 1.29 is 14.4 Å². The topological polar surface area (TPSA) is 51.2 Å². The van der Waals surface area contributed by atoms with Crippen LogP contribution in [0, 0.1) is 10.7 Å². The van der Waals surface area contributed by atoms with E-state index < -0.39 is 0 Å². The molecule has 0 fully saturated rings. The molecule has 78 valence electrons. The minimum atomic E-state index is 0.404. The molecule has 0 saturated heterocycles. The van der Waals surface area contributed by atoms with Crippen LogP contribution in [0.2, 0.25) is 0 Å². The highest BCUT2D eigenvalue weighted by atomic mass is 127. The summed E-state index contributed by atoms with van der Waals surface area (Å²) < 4.78 is 1.78. The minimum Gasteiger partial charge on any atom is -0.298 e. The van der Waals surface area contributed by atoms with Crippen LogP contribution in [0.1, 0.15) is 31.1 Å². The Labute approximate surface area is 127 Å². The first-order valence-electron chi connectivity index (χ1n) is 3.64. The molecular formula is C9H3I3O3. The van der Waals surface area contributed by atoms with E-state index in [1.54, 1.807) is 0 Å². The number of carbonyl (C=O) groups is 3. The smallest absolute Gasteiger partial charge is 0.152 e. The van der Waals surface area contributed by atoms with Crippen molar-refractivity contribution in [1.29, 1.82) is 0 Å². The molecule has 0 atom stereocenters. The van der Waals surface area contributed by atoms with Crippen molar-refractivity contribution in [3.05, 3.63) is 27.4 Å². The standard InChI is InChI=1S/C9H3I3O3/c10-7-4(1-13)8(11)6(3-15)9(12)5(7)2-14/h1-3H. The molecule has 0 spiro atoms. The highest BCUT2D eigenvalue weighted by Gasteiger charge is 2.18. The summed E-state index contributed by atoms with van der Waals surface area (Å²) in [4.78, 5) is 32.6. The van der Waals surface area contributed by atoms with E-state index in [4.69, 9.17) is 0 Å². The lowest BCUT2D eigenvalue weighted by Gasteiger charge is -2.09. The zero-order valence-electron chi connectivity index (χ0n) is 7.09. The Morgan fingerprint density at radius 1 is 0.600 bits per heavy atom. The van der Waals surface area contributed by atoms with E-state index in [1.165, 1.54) is 0 Å². The molecule has 0 N–H and O–H groups in total. The second kappa shape index (κ2) is 5.66. The molecule has 0 aliphatic carbocycles. The summed E-state index contributed by atoms with van der Waals surface area (Å²) in [6, 6.07) is 0. The van der Waals surface area contributed by atoms with Crippen LogP contribution >= 0.6 is 67.8 Å². The van der Waals surface area contributed by atoms with Gasteiger partial charge in [-0.05, 0) is 67.8 Å². The van der Waals surface area contributed by atoms with Crippen LogP contribution in [-0.4, -0.2) is 18.9 Å². The molecule has 0 heterocycles. The van der Waals surface area contributed by atoms with Gasteiger partial charge in [0.15, 0.2) is 18.9 Å². The highest BCUT2D eigenvalue weighted by molar-refractivity contribution is 14.1. The van der Waals surface area contributed by atoms with Crippen molar-refractivity contribution in [2.45, 2.75) is 0 Å². The van der Waals surface area contributed by atoms with E-state index in [0.29, 0.717) is 46.3 Å². The quantitative estimate of drug-likeness (QED) is 0.439. The molecule has 1 aromatic carbocycles. The van der Waals surface area contributed by atoms with Gasteiger partial charge in [0, 0.05) is 27.4 Å². The zero-order chi connectivity index (χ0) is 11.6. The minimum absolute atomic E-state index is 0.404. The fourth-order valence-electron chi connectivity index (χ4n) is 1.03. The maximum absolute atomic E-state index is 10.9. The number of hydrogen-bond acceptors (Lipinski definition) is 3. The molecule has 0 amide bonds. The predicted octanol–water partition coefficient (Wildman–Crippen LogP) is 2.94. The van der Waals surface area contributed by atoms with Crippen LogP contribution in [-0.2, 0) is 0 Å². The first-order valence-corrected chi connectivity index (χ1v) is 6.88. The summed E-state index contributed by atoms with van der Waals surface area (Å²) in [6.07, 6.45) is 2.00. The number of benzene rings is 1. The van der Waals surface area contributed by atoms with Crippen molar-refractivity contribution in [2.75, 3.05) is 0 Å². The van der Waals surface area contributed by atoms with Gasteiger partial charge >= 0.3 is 0 Å². The number of aldehydes is 3. The van der Waals surface area contributed by atoms with Gasteiger partial charge in [0.1, 0.15) is 0 Å². The third-order valence-electron chi connectivity index (χ3n) is 1.77. The Kier molecular flexibility index (Phi) is 5.09. The summed E-state index contributed by atoms with van der Waals surface area (Å²) in [7, 11) is 0. The molecule has 1 aromatic rings. The largest absolute Gasteiger partial charge is 0.298 e. The van der Waals surface area contributed by atoms with Crippen LogP contribution in [0.15, 0.2) is 0 Å². The third-order valence-corrected chi connectivity index (χ3v) is 5.26. The van der Waals surface area contributed by atoms with E-state index in [2.05, 4.69) is 0 Å². The molecule has 0 radical (unpaired) electrons. The Morgan fingerprint density at radius 3 is 0.933 bits per heavy atom. The lowest BCUT2D eigenvalue weighted by Crippen LogP contribution is -2.06. The van der Waals surface area contributed by atoms with Gasteiger partial charge in [0.25, 0.3) is 0 Å². The van der Waals surface area contributed by atoms with E-state index in [9.17, 15) is 14.4 Å². The van der Waals surface area contributed by atoms with Gasteiger partial charge in [-0.2, -0.15) is 0 Å². The maximum atomic E-state index is 10.9. The number of rotatable bonds is 3. The van der Waals surface area contributed by atoms with Crippen LogP contribution in [0.3, 0.4) is 0 Å². The fraction of sp³-hybridized carbons (Fsp3) is 0. The molecule has 0 aliphatic heterocycles. The van der Waals surface area contributed by atoms with Gasteiger partial charge in [-0.3, -0.25) is 14.4 Å². The van der Waals surface area contributed by atoms with Crippen LogP contribution < -0.4 is 0 Å². The summed E-state index contributed by atoms with van der Waals surface area (Å²) in [5.41, 5.74) is 1.21. The van der Waals surface area contributed by atoms with Crippen LogP contribution in [0.25, 0.3) is 0 Å². The predicted molar refractivity (Wildman–Crippen MR) is 80.8 cm³/mol. The molecule has 6 heteroatoms. The van der Waals surface area contributed by atoms with Gasteiger partial charge in [0.2, 0.25) is 0 Å². The van der Waals surface area contributed by atoms with Crippen molar-refractivity contribution in [3.8, 4) is 0 Å². The van der Waals surface area contributed by atoms with Crippen molar-refractivity contribution in [2.24, 2.45) is 0 Å². The lowest BCUT2D eigenvalue weighted by molar-refractivity contribution is 0.112. The number of hydrogen-bond donors (Lipinski definition) is 0. The summed E-state index contributed by atoms with van der Waals surface area (Å²) >= 11 is 5.81. The second-order valence-corrected chi connectivity index (χ2v) is 5.77. The van der Waals surface area contributed by atoms with E-state index in [-0.39, 0.29) is 0 Å².